The van der Waals surface area contributed by atoms with Gasteiger partial charge in [-0.3, -0.25) is 9.78 Å². The number of carbonyl (C=O) groups is 1. The highest BCUT2D eigenvalue weighted by atomic mass is 16.5. The van der Waals surface area contributed by atoms with Crippen molar-refractivity contribution in [3.63, 3.8) is 0 Å². The van der Waals surface area contributed by atoms with Crippen molar-refractivity contribution in [3.8, 4) is 11.3 Å². The maximum Gasteiger partial charge on any atom is 0.270 e. The van der Waals surface area contributed by atoms with E-state index < -0.39 is 0 Å². The third kappa shape index (κ3) is 3.26. The molecule has 0 aliphatic heterocycles. The molecule has 0 saturated heterocycles. The number of fused-ring (bicyclic) bond motifs is 1. The van der Waals surface area contributed by atoms with Gasteiger partial charge in [-0.25, -0.2) is 9.97 Å². The second kappa shape index (κ2) is 6.91. The molecular weight excluding hydrogens is 332 g/mol. The number of hydrogen-bond acceptors (Lipinski definition) is 7. The van der Waals surface area contributed by atoms with Crippen LogP contribution in [0.25, 0.3) is 11.3 Å². The summed E-state index contributed by atoms with van der Waals surface area (Å²) in [5.41, 5.74) is 9.43. The summed E-state index contributed by atoms with van der Waals surface area (Å²) < 4.78 is 5.29. The van der Waals surface area contributed by atoms with Gasteiger partial charge in [0.2, 0.25) is 5.95 Å². The smallest absolute Gasteiger partial charge is 0.270 e. The SMILES string of the molecule is Nc1nc2c(c(C(=O)NCc3cc(-c4cccnc4)no3)n1)CCCC2. The minimum absolute atomic E-state index is 0.134. The van der Waals surface area contributed by atoms with Gasteiger partial charge in [-0.1, -0.05) is 5.16 Å². The van der Waals surface area contributed by atoms with Crippen molar-refractivity contribution < 1.29 is 9.32 Å². The molecule has 0 spiro atoms. The summed E-state index contributed by atoms with van der Waals surface area (Å²) >= 11 is 0. The second-order valence-corrected chi connectivity index (χ2v) is 6.17. The Hall–Kier alpha value is -3.29. The molecule has 1 amide bonds. The van der Waals surface area contributed by atoms with Crippen LogP contribution in [0.4, 0.5) is 5.95 Å². The van der Waals surface area contributed by atoms with Crippen LogP contribution in [0.1, 0.15) is 40.3 Å². The number of nitrogens with zero attached hydrogens (tertiary/aromatic N) is 4. The second-order valence-electron chi connectivity index (χ2n) is 6.17. The lowest BCUT2D eigenvalue weighted by Gasteiger charge is -2.17. The largest absolute Gasteiger partial charge is 0.368 e. The molecule has 132 valence electrons. The van der Waals surface area contributed by atoms with E-state index in [1.54, 1.807) is 18.5 Å². The van der Waals surface area contributed by atoms with Crippen molar-refractivity contribution in [2.45, 2.75) is 32.2 Å². The normalized spacial score (nSPS) is 13.2. The average molecular weight is 350 g/mol. The fourth-order valence-corrected chi connectivity index (χ4v) is 3.10. The standard InChI is InChI=1S/C18H18N6O2/c19-18-22-14-6-2-1-5-13(14)16(23-18)17(25)21-10-12-8-15(24-26-12)11-4-3-7-20-9-11/h3-4,7-9H,1-2,5-6,10H2,(H,21,25)(H2,19,22,23). The molecule has 1 aliphatic carbocycles. The number of nitrogens with two attached hydrogens (primary N) is 1. The molecule has 3 heterocycles. The predicted octanol–water partition coefficient (Wildman–Crippen LogP) is 1.92. The Morgan fingerprint density at radius 3 is 3.00 bits per heavy atom. The fourth-order valence-electron chi connectivity index (χ4n) is 3.10. The molecule has 0 atom stereocenters. The highest BCUT2D eigenvalue weighted by molar-refractivity contribution is 5.94. The Kier molecular flexibility index (Phi) is 4.30. The Balaban J connectivity index is 1.48. The summed E-state index contributed by atoms with van der Waals surface area (Å²) in [7, 11) is 0. The number of anilines is 1. The Labute approximate surface area is 149 Å². The molecule has 3 N–H and O–H groups in total. The number of pyridine rings is 1. The summed E-state index contributed by atoms with van der Waals surface area (Å²) in [6.45, 7) is 0.213. The first-order valence-corrected chi connectivity index (χ1v) is 8.50. The van der Waals surface area contributed by atoms with E-state index in [4.69, 9.17) is 10.3 Å². The molecule has 0 aromatic carbocycles. The summed E-state index contributed by atoms with van der Waals surface area (Å²) in [5, 5.41) is 6.83. The predicted molar refractivity (Wildman–Crippen MR) is 94.0 cm³/mol. The van der Waals surface area contributed by atoms with Gasteiger partial charge in [0.25, 0.3) is 5.91 Å². The lowest BCUT2D eigenvalue weighted by molar-refractivity contribution is 0.0940. The van der Waals surface area contributed by atoms with E-state index in [-0.39, 0.29) is 18.4 Å². The molecule has 0 fully saturated rings. The van der Waals surface area contributed by atoms with E-state index in [0.717, 1.165) is 42.5 Å². The van der Waals surface area contributed by atoms with Gasteiger partial charge < -0.3 is 15.6 Å². The van der Waals surface area contributed by atoms with Crippen molar-refractivity contribution in [1.29, 1.82) is 0 Å². The molecule has 3 aromatic rings. The van der Waals surface area contributed by atoms with Crippen molar-refractivity contribution in [3.05, 3.63) is 53.3 Å². The number of aromatic nitrogens is 4. The third-order valence-corrected chi connectivity index (χ3v) is 4.35. The zero-order valence-corrected chi connectivity index (χ0v) is 14.1. The third-order valence-electron chi connectivity index (χ3n) is 4.35. The van der Waals surface area contributed by atoms with Crippen LogP contribution in [-0.4, -0.2) is 26.0 Å². The van der Waals surface area contributed by atoms with Gasteiger partial charge in [-0.05, 0) is 37.8 Å². The molecular formula is C18H18N6O2. The van der Waals surface area contributed by atoms with Gasteiger partial charge >= 0.3 is 0 Å². The summed E-state index contributed by atoms with van der Waals surface area (Å²) in [6.07, 6.45) is 7.11. The first-order chi connectivity index (χ1) is 12.7. The number of amides is 1. The lowest BCUT2D eigenvalue weighted by Crippen LogP contribution is -2.27. The fraction of sp³-hybridized carbons (Fsp3) is 0.278. The molecule has 0 unspecified atom stereocenters. The molecule has 4 rings (SSSR count). The maximum atomic E-state index is 12.6. The van der Waals surface area contributed by atoms with Crippen LogP contribution in [0.5, 0.6) is 0 Å². The minimum Gasteiger partial charge on any atom is -0.368 e. The van der Waals surface area contributed by atoms with Crippen LogP contribution >= 0.6 is 0 Å². The van der Waals surface area contributed by atoms with E-state index in [0.29, 0.717) is 17.1 Å². The van der Waals surface area contributed by atoms with Crippen molar-refractivity contribution in [1.82, 2.24) is 25.4 Å². The summed E-state index contributed by atoms with van der Waals surface area (Å²) in [6, 6.07) is 5.50. The summed E-state index contributed by atoms with van der Waals surface area (Å²) in [5.74, 6) is 0.402. The molecule has 0 bridgehead atoms. The Morgan fingerprint density at radius 1 is 1.27 bits per heavy atom. The van der Waals surface area contributed by atoms with E-state index in [1.807, 2.05) is 12.1 Å². The van der Waals surface area contributed by atoms with E-state index in [9.17, 15) is 4.79 Å². The number of nitrogen functional groups attached to an aromatic ring is 1. The van der Waals surface area contributed by atoms with E-state index in [1.165, 1.54) is 0 Å². The minimum atomic E-state index is -0.281. The zero-order chi connectivity index (χ0) is 17.9. The number of hydrogen-bond donors (Lipinski definition) is 2. The average Bonchev–Trinajstić information content (AvgIpc) is 3.15. The molecule has 26 heavy (non-hydrogen) atoms. The van der Waals surface area contributed by atoms with Crippen molar-refractivity contribution in [2.75, 3.05) is 5.73 Å². The lowest BCUT2D eigenvalue weighted by atomic mass is 9.94. The molecule has 0 saturated carbocycles. The van der Waals surface area contributed by atoms with Gasteiger partial charge in [0.15, 0.2) is 5.76 Å². The monoisotopic (exact) mass is 350 g/mol. The van der Waals surface area contributed by atoms with Crippen LogP contribution in [0.3, 0.4) is 0 Å². The number of carbonyl (C=O) groups excluding carboxylic acids is 1. The topological polar surface area (TPSA) is 120 Å². The highest BCUT2D eigenvalue weighted by Crippen LogP contribution is 2.23. The van der Waals surface area contributed by atoms with E-state index in [2.05, 4.69) is 25.4 Å². The molecule has 8 nitrogen and oxygen atoms in total. The first-order valence-electron chi connectivity index (χ1n) is 8.50. The number of aryl methyl sites for hydroxylation is 1. The maximum absolute atomic E-state index is 12.6. The summed E-state index contributed by atoms with van der Waals surface area (Å²) in [4.78, 5) is 25.1. The van der Waals surface area contributed by atoms with Gasteiger partial charge in [0.1, 0.15) is 11.4 Å². The number of nitrogens with one attached hydrogen (secondary N) is 1. The molecule has 1 aliphatic rings. The van der Waals surface area contributed by atoms with Crippen LogP contribution < -0.4 is 11.1 Å². The quantitative estimate of drug-likeness (QED) is 0.737. The van der Waals surface area contributed by atoms with E-state index >= 15 is 0 Å². The van der Waals surface area contributed by atoms with Gasteiger partial charge in [-0.15, -0.1) is 0 Å². The van der Waals surface area contributed by atoms with Crippen LogP contribution in [-0.2, 0) is 19.4 Å². The van der Waals surface area contributed by atoms with Crippen molar-refractivity contribution >= 4 is 11.9 Å². The Morgan fingerprint density at radius 2 is 2.15 bits per heavy atom. The molecule has 0 radical (unpaired) electrons. The first kappa shape index (κ1) is 16.2. The van der Waals surface area contributed by atoms with Crippen LogP contribution in [0.15, 0.2) is 35.1 Å². The highest BCUT2D eigenvalue weighted by Gasteiger charge is 2.21. The van der Waals surface area contributed by atoms with Crippen LogP contribution in [0, 0.1) is 0 Å². The van der Waals surface area contributed by atoms with Crippen LogP contribution in [0.2, 0.25) is 0 Å². The van der Waals surface area contributed by atoms with Gasteiger partial charge in [-0.2, -0.15) is 0 Å². The molecule has 8 heteroatoms. The Bertz CT molecular complexity index is 938. The van der Waals surface area contributed by atoms with Gasteiger partial charge in [0.05, 0.1) is 6.54 Å². The van der Waals surface area contributed by atoms with Crippen molar-refractivity contribution in [2.24, 2.45) is 0 Å². The number of rotatable bonds is 4. The molecule has 3 aromatic heterocycles. The zero-order valence-electron chi connectivity index (χ0n) is 14.1. The van der Waals surface area contributed by atoms with Gasteiger partial charge in [0, 0.05) is 35.3 Å².